The zero-order valence-corrected chi connectivity index (χ0v) is 14.8. The molecule has 1 aromatic carbocycles. The number of carbonyl (C=O) groups is 3. The summed E-state index contributed by atoms with van der Waals surface area (Å²) < 4.78 is 0. The van der Waals surface area contributed by atoms with Gasteiger partial charge in [0.15, 0.2) is 0 Å². The minimum atomic E-state index is -0.396. The summed E-state index contributed by atoms with van der Waals surface area (Å²) in [6, 6.07) is 7.37. The summed E-state index contributed by atoms with van der Waals surface area (Å²) in [6.45, 7) is 0.420. The number of hydroxylamine groups is 1. The summed E-state index contributed by atoms with van der Waals surface area (Å²) in [5, 5.41) is 9.02. The van der Waals surface area contributed by atoms with Crippen LogP contribution in [0.1, 0.15) is 44.1 Å². The Balaban J connectivity index is 1.75. The normalized spacial score (nSPS) is 17.2. The zero-order chi connectivity index (χ0) is 18.2. The fourth-order valence-corrected chi connectivity index (χ4v) is 3.25. The molecule has 6 nitrogen and oxygen atoms in total. The highest BCUT2D eigenvalue weighted by atomic mass is 35.5. The van der Waals surface area contributed by atoms with Crippen LogP contribution in [0.25, 0.3) is 0 Å². The molecule has 0 aromatic heterocycles. The van der Waals surface area contributed by atoms with Gasteiger partial charge in [-0.1, -0.05) is 42.6 Å². The van der Waals surface area contributed by atoms with Crippen molar-refractivity contribution in [2.45, 2.75) is 44.9 Å². The van der Waals surface area contributed by atoms with Crippen molar-refractivity contribution in [3.05, 3.63) is 34.9 Å². The Morgan fingerprint density at radius 2 is 1.92 bits per heavy atom. The molecule has 0 bridgehead atoms. The van der Waals surface area contributed by atoms with E-state index in [1.165, 1.54) is 4.90 Å². The van der Waals surface area contributed by atoms with Crippen LogP contribution in [0.2, 0.25) is 5.02 Å². The lowest BCUT2D eigenvalue weighted by Crippen LogP contribution is -2.32. The SMILES string of the molecule is O=C(CCCCCCN1C(=O)CC(Cc2ccccc2Cl)C1=O)NO. The molecule has 136 valence electrons. The van der Waals surface area contributed by atoms with Crippen molar-refractivity contribution in [1.29, 1.82) is 0 Å². The van der Waals surface area contributed by atoms with Crippen molar-refractivity contribution in [1.82, 2.24) is 10.4 Å². The number of unbranched alkanes of at least 4 members (excludes halogenated alkanes) is 3. The van der Waals surface area contributed by atoms with Crippen LogP contribution in [0, 0.1) is 5.92 Å². The van der Waals surface area contributed by atoms with Crippen molar-refractivity contribution in [2.75, 3.05) is 6.54 Å². The number of hydrogen-bond acceptors (Lipinski definition) is 4. The third-order valence-corrected chi connectivity index (χ3v) is 4.79. The number of imide groups is 1. The molecular formula is C18H23ClN2O4. The maximum absolute atomic E-state index is 12.5. The Hall–Kier alpha value is -1.92. The molecule has 3 amide bonds. The maximum atomic E-state index is 12.5. The van der Waals surface area contributed by atoms with Crippen LogP contribution < -0.4 is 5.48 Å². The van der Waals surface area contributed by atoms with Crippen molar-refractivity contribution in [2.24, 2.45) is 5.92 Å². The Morgan fingerprint density at radius 3 is 2.64 bits per heavy atom. The highest BCUT2D eigenvalue weighted by Gasteiger charge is 2.38. The quantitative estimate of drug-likeness (QED) is 0.304. The van der Waals surface area contributed by atoms with E-state index in [1.807, 2.05) is 18.2 Å². The Labute approximate surface area is 152 Å². The lowest BCUT2D eigenvalue weighted by Gasteiger charge is -2.15. The van der Waals surface area contributed by atoms with Crippen molar-refractivity contribution >= 4 is 29.3 Å². The summed E-state index contributed by atoms with van der Waals surface area (Å²) in [5.41, 5.74) is 2.48. The fourth-order valence-electron chi connectivity index (χ4n) is 3.04. The Morgan fingerprint density at radius 1 is 1.20 bits per heavy atom. The molecule has 0 saturated carbocycles. The van der Waals surface area contributed by atoms with Gasteiger partial charge in [-0.15, -0.1) is 0 Å². The summed E-state index contributed by atoms with van der Waals surface area (Å²) in [5.74, 6) is -0.973. The van der Waals surface area contributed by atoms with E-state index < -0.39 is 5.91 Å². The third-order valence-electron chi connectivity index (χ3n) is 4.42. The second-order valence-electron chi connectivity index (χ2n) is 6.28. The molecule has 25 heavy (non-hydrogen) atoms. The van der Waals surface area contributed by atoms with Gasteiger partial charge in [0.05, 0.1) is 5.92 Å². The van der Waals surface area contributed by atoms with Gasteiger partial charge in [-0.2, -0.15) is 0 Å². The zero-order valence-electron chi connectivity index (χ0n) is 14.0. The number of amides is 3. The van der Waals surface area contributed by atoms with Gasteiger partial charge in [-0.05, 0) is 30.9 Å². The Bertz CT molecular complexity index is 635. The molecule has 1 aromatic rings. The molecule has 2 N–H and O–H groups in total. The fraction of sp³-hybridized carbons (Fsp3) is 0.500. The minimum Gasteiger partial charge on any atom is -0.289 e. The molecule has 0 radical (unpaired) electrons. The maximum Gasteiger partial charge on any atom is 0.243 e. The third kappa shape index (κ3) is 5.54. The van der Waals surface area contributed by atoms with Crippen LogP contribution in [0.4, 0.5) is 0 Å². The number of nitrogens with zero attached hydrogens (tertiary/aromatic N) is 1. The molecule has 7 heteroatoms. The van der Waals surface area contributed by atoms with Gasteiger partial charge in [0.1, 0.15) is 0 Å². The van der Waals surface area contributed by atoms with E-state index in [0.29, 0.717) is 24.4 Å². The van der Waals surface area contributed by atoms with Crippen LogP contribution in [0.15, 0.2) is 24.3 Å². The molecule has 1 aliphatic rings. The summed E-state index contributed by atoms with van der Waals surface area (Å²) in [4.78, 5) is 36.8. The van der Waals surface area contributed by atoms with Crippen LogP contribution >= 0.6 is 11.6 Å². The number of halogens is 1. The van der Waals surface area contributed by atoms with Crippen molar-refractivity contribution in [3.63, 3.8) is 0 Å². The first-order valence-electron chi connectivity index (χ1n) is 8.53. The van der Waals surface area contributed by atoms with E-state index in [-0.39, 0.29) is 30.6 Å². The monoisotopic (exact) mass is 366 g/mol. The van der Waals surface area contributed by atoms with Gasteiger partial charge in [0.2, 0.25) is 17.7 Å². The van der Waals surface area contributed by atoms with Crippen LogP contribution in [-0.4, -0.2) is 34.4 Å². The summed E-state index contributed by atoms with van der Waals surface area (Å²) in [6.07, 6.45) is 4.02. The molecule has 1 saturated heterocycles. The first-order valence-corrected chi connectivity index (χ1v) is 8.91. The first-order chi connectivity index (χ1) is 12.0. The van der Waals surface area contributed by atoms with E-state index in [1.54, 1.807) is 11.5 Å². The van der Waals surface area contributed by atoms with Gasteiger partial charge >= 0.3 is 0 Å². The average Bonchev–Trinajstić information content (AvgIpc) is 2.86. The highest BCUT2D eigenvalue weighted by Crippen LogP contribution is 2.27. The Kier molecular flexibility index (Phi) is 7.40. The van der Waals surface area contributed by atoms with Gasteiger partial charge in [0.25, 0.3) is 0 Å². The molecule has 0 aliphatic carbocycles. The van der Waals surface area contributed by atoms with Crippen molar-refractivity contribution in [3.8, 4) is 0 Å². The highest BCUT2D eigenvalue weighted by molar-refractivity contribution is 6.31. The molecule has 2 rings (SSSR count). The number of benzene rings is 1. The molecule has 1 heterocycles. The lowest BCUT2D eigenvalue weighted by molar-refractivity contribution is -0.139. The second-order valence-corrected chi connectivity index (χ2v) is 6.69. The molecule has 1 aliphatic heterocycles. The smallest absolute Gasteiger partial charge is 0.243 e. The van der Waals surface area contributed by atoms with Crippen molar-refractivity contribution < 1.29 is 19.6 Å². The standard InChI is InChI=1S/C18H23ClN2O4/c19-15-8-5-4-7-13(15)11-14-12-17(23)21(18(14)24)10-6-2-1-3-9-16(22)20-25/h4-5,7-8,14,25H,1-3,6,9-12H2,(H,20,22). The van der Waals surface area contributed by atoms with Gasteiger partial charge in [-0.3, -0.25) is 24.5 Å². The summed E-state index contributed by atoms with van der Waals surface area (Å²) >= 11 is 6.13. The first kappa shape index (κ1) is 19.4. The number of likely N-dealkylation sites (tertiary alicyclic amines) is 1. The number of nitrogens with one attached hydrogen (secondary N) is 1. The van der Waals surface area contributed by atoms with Crippen LogP contribution in [-0.2, 0) is 20.8 Å². The van der Waals surface area contributed by atoms with Gasteiger partial charge < -0.3 is 0 Å². The number of hydrogen-bond donors (Lipinski definition) is 2. The van der Waals surface area contributed by atoms with E-state index in [4.69, 9.17) is 16.8 Å². The number of carbonyl (C=O) groups excluding carboxylic acids is 3. The van der Waals surface area contributed by atoms with Crippen LogP contribution in [0.3, 0.4) is 0 Å². The van der Waals surface area contributed by atoms with Gasteiger partial charge in [-0.25, -0.2) is 5.48 Å². The van der Waals surface area contributed by atoms with E-state index >= 15 is 0 Å². The second kappa shape index (κ2) is 9.53. The van der Waals surface area contributed by atoms with E-state index in [2.05, 4.69) is 0 Å². The largest absolute Gasteiger partial charge is 0.289 e. The molecule has 1 fully saturated rings. The average molecular weight is 367 g/mol. The van der Waals surface area contributed by atoms with Gasteiger partial charge in [0, 0.05) is 24.4 Å². The molecule has 1 atom stereocenters. The lowest BCUT2D eigenvalue weighted by atomic mass is 9.98. The number of rotatable bonds is 9. The summed E-state index contributed by atoms with van der Waals surface area (Å²) in [7, 11) is 0. The predicted octanol–water partition coefficient (Wildman–Crippen LogP) is 2.71. The van der Waals surface area contributed by atoms with Crippen LogP contribution in [0.5, 0.6) is 0 Å². The molecular weight excluding hydrogens is 344 g/mol. The topological polar surface area (TPSA) is 86.7 Å². The van der Waals surface area contributed by atoms with E-state index in [0.717, 1.165) is 24.8 Å². The minimum absolute atomic E-state index is 0.121. The molecule has 1 unspecified atom stereocenters. The predicted molar refractivity (Wildman–Crippen MR) is 93.0 cm³/mol. The molecule has 0 spiro atoms. The van der Waals surface area contributed by atoms with E-state index in [9.17, 15) is 14.4 Å².